The summed E-state index contributed by atoms with van der Waals surface area (Å²) in [6.45, 7) is 0.0813. The molecule has 2 aliphatic rings. The monoisotopic (exact) mass is 306 g/mol. The van der Waals surface area contributed by atoms with Crippen molar-refractivity contribution < 1.29 is 9.59 Å². The summed E-state index contributed by atoms with van der Waals surface area (Å²) < 4.78 is 0. The van der Waals surface area contributed by atoms with Gasteiger partial charge in [0.15, 0.2) is 0 Å². The van der Waals surface area contributed by atoms with E-state index in [9.17, 15) is 9.59 Å². The lowest BCUT2D eigenvalue weighted by Gasteiger charge is -2.07. The van der Waals surface area contributed by atoms with Gasteiger partial charge >= 0.3 is 0 Å². The van der Waals surface area contributed by atoms with Gasteiger partial charge in [-0.25, -0.2) is 0 Å². The van der Waals surface area contributed by atoms with Crippen LogP contribution in [0.25, 0.3) is 0 Å². The number of thiophene rings is 1. The second-order valence-electron chi connectivity index (χ2n) is 6.00. The van der Waals surface area contributed by atoms with Crippen molar-refractivity contribution in [3.8, 4) is 0 Å². The number of carbonyl (C=O) groups is 2. The minimum absolute atomic E-state index is 0.0813. The molecule has 114 valence electrons. The molecule has 3 rings (SSSR count). The molecule has 1 saturated carbocycles. The van der Waals surface area contributed by atoms with Crippen molar-refractivity contribution in [3.05, 3.63) is 21.4 Å². The van der Waals surface area contributed by atoms with Gasteiger partial charge in [0, 0.05) is 10.9 Å². The lowest BCUT2D eigenvalue weighted by Crippen LogP contribution is -2.37. The summed E-state index contributed by atoms with van der Waals surface area (Å²) in [4.78, 5) is 25.9. The van der Waals surface area contributed by atoms with E-state index in [0.29, 0.717) is 6.04 Å². The number of rotatable bonds is 4. The number of fused-ring (bicyclic) bond motifs is 1. The molecule has 0 spiro atoms. The number of aryl methyl sites for hydroxylation is 2. The molecule has 21 heavy (non-hydrogen) atoms. The first-order chi connectivity index (χ1) is 10.2. The standard InChI is InChI=1S/C16H22N2O2S/c19-15(18-12-7-8-12)10-17-16(20)14-9-11-5-3-1-2-4-6-13(11)21-14/h9,12H,1-8,10H2,(H,17,20)(H,18,19). The normalized spacial score (nSPS) is 18.3. The number of hydrogen-bond donors (Lipinski definition) is 2. The van der Waals surface area contributed by atoms with E-state index in [1.54, 1.807) is 11.3 Å². The Morgan fingerprint density at radius 2 is 1.90 bits per heavy atom. The van der Waals surface area contributed by atoms with Crippen LogP contribution in [0.2, 0.25) is 0 Å². The zero-order valence-electron chi connectivity index (χ0n) is 12.2. The third-order valence-corrected chi connectivity index (χ3v) is 5.31. The summed E-state index contributed by atoms with van der Waals surface area (Å²) in [6, 6.07) is 2.37. The first kappa shape index (κ1) is 14.6. The van der Waals surface area contributed by atoms with Crippen LogP contribution < -0.4 is 10.6 Å². The molecule has 0 aromatic carbocycles. The molecule has 1 aromatic rings. The third-order valence-electron chi connectivity index (χ3n) is 4.07. The van der Waals surface area contributed by atoms with Crippen LogP contribution in [0.5, 0.6) is 0 Å². The van der Waals surface area contributed by atoms with Crippen LogP contribution in [0.15, 0.2) is 6.07 Å². The molecule has 1 aromatic heterocycles. The fourth-order valence-electron chi connectivity index (χ4n) is 2.71. The zero-order chi connectivity index (χ0) is 14.7. The SMILES string of the molecule is O=C(CNC(=O)c1cc2c(s1)CCCCCC2)NC1CC1. The Kier molecular flexibility index (Phi) is 4.58. The smallest absolute Gasteiger partial charge is 0.261 e. The van der Waals surface area contributed by atoms with Crippen molar-refractivity contribution in [2.75, 3.05) is 6.54 Å². The van der Waals surface area contributed by atoms with E-state index in [1.165, 1.54) is 36.1 Å². The van der Waals surface area contributed by atoms with Crippen molar-refractivity contribution in [2.45, 2.75) is 57.4 Å². The molecule has 2 amide bonds. The molecular formula is C16H22N2O2S. The minimum atomic E-state index is -0.113. The number of hydrogen-bond acceptors (Lipinski definition) is 3. The summed E-state index contributed by atoms with van der Waals surface area (Å²) in [5.74, 6) is -0.196. The van der Waals surface area contributed by atoms with Gasteiger partial charge in [0.1, 0.15) is 0 Å². The van der Waals surface area contributed by atoms with Gasteiger partial charge in [0.05, 0.1) is 11.4 Å². The van der Waals surface area contributed by atoms with E-state index in [0.717, 1.165) is 30.6 Å². The number of amides is 2. The molecule has 2 N–H and O–H groups in total. The molecule has 5 heteroatoms. The molecule has 4 nitrogen and oxygen atoms in total. The molecule has 0 unspecified atom stereocenters. The molecule has 0 bridgehead atoms. The van der Waals surface area contributed by atoms with Crippen LogP contribution in [0.4, 0.5) is 0 Å². The highest BCUT2D eigenvalue weighted by Crippen LogP contribution is 2.28. The van der Waals surface area contributed by atoms with Crippen LogP contribution in [-0.2, 0) is 17.6 Å². The van der Waals surface area contributed by atoms with Crippen molar-refractivity contribution in [3.63, 3.8) is 0 Å². The maximum atomic E-state index is 12.2. The average Bonchev–Trinajstić information content (AvgIpc) is 3.17. The second-order valence-corrected chi connectivity index (χ2v) is 7.13. The summed E-state index contributed by atoms with van der Waals surface area (Å²) in [7, 11) is 0. The Morgan fingerprint density at radius 3 is 2.67 bits per heavy atom. The lowest BCUT2D eigenvalue weighted by molar-refractivity contribution is -0.120. The summed E-state index contributed by atoms with van der Waals surface area (Å²) in [5.41, 5.74) is 1.34. The molecule has 0 atom stereocenters. The van der Waals surface area contributed by atoms with Gasteiger partial charge in [-0.05, 0) is 50.2 Å². The Morgan fingerprint density at radius 1 is 1.14 bits per heavy atom. The van der Waals surface area contributed by atoms with E-state index in [1.807, 2.05) is 6.07 Å². The van der Waals surface area contributed by atoms with E-state index in [4.69, 9.17) is 0 Å². The third kappa shape index (κ3) is 4.06. The molecule has 1 heterocycles. The van der Waals surface area contributed by atoms with Gasteiger partial charge in [-0.15, -0.1) is 11.3 Å². The topological polar surface area (TPSA) is 58.2 Å². The van der Waals surface area contributed by atoms with Crippen molar-refractivity contribution >= 4 is 23.2 Å². The first-order valence-electron chi connectivity index (χ1n) is 7.91. The first-order valence-corrected chi connectivity index (χ1v) is 8.73. The van der Waals surface area contributed by atoms with Gasteiger partial charge in [0.2, 0.25) is 5.91 Å². The number of carbonyl (C=O) groups excluding carboxylic acids is 2. The van der Waals surface area contributed by atoms with Crippen LogP contribution in [0.3, 0.4) is 0 Å². The Balaban J connectivity index is 1.56. The fourth-order valence-corrected chi connectivity index (χ4v) is 3.88. The van der Waals surface area contributed by atoms with Crippen LogP contribution in [-0.4, -0.2) is 24.4 Å². The molecular weight excluding hydrogens is 284 g/mol. The Bertz CT molecular complexity index is 509. The quantitative estimate of drug-likeness (QED) is 0.897. The lowest BCUT2D eigenvalue weighted by atomic mass is 10.00. The van der Waals surface area contributed by atoms with E-state index in [2.05, 4.69) is 10.6 Å². The fraction of sp³-hybridized carbons (Fsp3) is 0.625. The summed E-state index contributed by atoms with van der Waals surface area (Å²) >= 11 is 1.60. The van der Waals surface area contributed by atoms with Gasteiger partial charge in [-0.2, -0.15) is 0 Å². The van der Waals surface area contributed by atoms with Crippen LogP contribution in [0, 0.1) is 0 Å². The highest BCUT2D eigenvalue weighted by molar-refractivity contribution is 7.14. The van der Waals surface area contributed by atoms with Crippen LogP contribution >= 0.6 is 11.3 Å². The van der Waals surface area contributed by atoms with Gasteiger partial charge in [-0.1, -0.05) is 12.8 Å². The van der Waals surface area contributed by atoms with Gasteiger partial charge in [-0.3, -0.25) is 9.59 Å². The molecule has 1 fully saturated rings. The Hall–Kier alpha value is -1.36. The van der Waals surface area contributed by atoms with E-state index >= 15 is 0 Å². The molecule has 0 saturated heterocycles. The second kappa shape index (κ2) is 6.60. The largest absolute Gasteiger partial charge is 0.352 e. The highest BCUT2D eigenvalue weighted by atomic mass is 32.1. The highest BCUT2D eigenvalue weighted by Gasteiger charge is 2.23. The van der Waals surface area contributed by atoms with Crippen molar-refractivity contribution in [1.29, 1.82) is 0 Å². The minimum Gasteiger partial charge on any atom is -0.352 e. The molecule has 0 radical (unpaired) electrons. The predicted octanol–water partition coefficient (Wildman–Crippen LogP) is 2.42. The number of nitrogens with one attached hydrogen (secondary N) is 2. The molecule has 2 aliphatic carbocycles. The zero-order valence-corrected chi connectivity index (χ0v) is 13.1. The average molecular weight is 306 g/mol. The van der Waals surface area contributed by atoms with E-state index in [-0.39, 0.29) is 18.4 Å². The maximum Gasteiger partial charge on any atom is 0.261 e. The van der Waals surface area contributed by atoms with E-state index < -0.39 is 0 Å². The van der Waals surface area contributed by atoms with Crippen molar-refractivity contribution in [1.82, 2.24) is 10.6 Å². The summed E-state index contributed by atoms with van der Waals surface area (Å²) in [5, 5.41) is 5.61. The van der Waals surface area contributed by atoms with Gasteiger partial charge < -0.3 is 10.6 Å². The summed E-state index contributed by atoms with van der Waals surface area (Å²) in [6.07, 6.45) is 9.33. The van der Waals surface area contributed by atoms with Gasteiger partial charge in [0.25, 0.3) is 5.91 Å². The van der Waals surface area contributed by atoms with Crippen molar-refractivity contribution in [2.24, 2.45) is 0 Å². The Labute approximate surface area is 129 Å². The van der Waals surface area contributed by atoms with Crippen LogP contribution in [0.1, 0.15) is 58.6 Å². The predicted molar refractivity (Wildman–Crippen MR) is 83.7 cm³/mol. The molecule has 0 aliphatic heterocycles. The maximum absolute atomic E-state index is 12.2.